The lowest BCUT2D eigenvalue weighted by Crippen LogP contribution is -2.46. The molecule has 1 saturated heterocycles. The number of carbonyl (C=O) groups excluding carboxylic acids is 1. The minimum Gasteiger partial charge on any atom is -0.381 e. The zero-order valence-electron chi connectivity index (χ0n) is 14.6. The Morgan fingerprint density at radius 1 is 1.36 bits per heavy atom. The number of aromatic nitrogens is 1. The van der Waals surface area contributed by atoms with E-state index in [-0.39, 0.29) is 5.91 Å². The number of amides is 1. The van der Waals surface area contributed by atoms with Crippen LogP contribution in [0.4, 0.5) is 5.13 Å². The summed E-state index contributed by atoms with van der Waals surface area (Å²) in [5, 5.41) is 3.61. The second-order valence-electron chi connectivity index (χ2n) is 6.53. The number of nitrogens with zero attached hydrogens (tertiary/aromatic N) is 1. The van der Waals surface area contributed by atoms with Crippen molar-refractivity contribution in [1.82, 2.24) is 4.98 Å². The van der Waals surface area contributed by atoms with Gasteiger partial charge in [-0.25, -0.2) is 4.98 Å². The topological polar surface area (TPSA) is 77.2 Å². The van der Waals surface area contributed by atoms with Crippen LogP contribution >= 0.6 is 11.3 Å². The van der Waals surface area contributed by atoms with Gasteiger partial charge in [0.2, 0.25) is 5.91 Å². The van der Waals surface area contributed by atoms with Crippen LogP contribution < -0.4 is 11.1 Å². The number of rotatable bonds is 6. The van der Waals surface area contributed by atoms with Gasteiger partial charge in [-0.15, -0.1) is 11.3 Å². The largest absolute Gasteiger partial charge is 0.381 e. The van der Waals surface area contributed by atoms with Crippen LogP contribution in [0.3, 0.4) is 0 Å². The summed E-state index contributed by atoms with van der Waals surface area (Å²) in [7, 11) is 0. The van der Waals surface area contributed by atoms with Crippen LogP contribution in [0.5, 0.6) is 0 Å². The minimum atomic E-state index is -0.528. The molecule has 3 N–H and O–H groups in total. The summed E-state index contributed by atoms with van der Waals surface area (Å²) >= 11 is 1.53. The van der Waals surface area contributed by atoms with E-state index >= 15 is 0 Å². The molecular weight excluding hydrogens is 334 g/mol. The summed E-state index contributed by atoms with van der Waals surface area (Å²) in [6, 6.07) is 8.59. The number of hydrogen-bond donors (Lipinski definition) is 2. The van der Waals surface area contributed by atoms with Crippen molar-refractivity contribution >= 4 is 22.4 Å². The summed E-state index contributed by atoms with van der Waals surface area (Å²) in [6.45, 7) is 3.66. The van der Waals surface area contributed by atoms with Gasteiger partial charge >= 0.3 is 0 Å². The number of hydrogen-bond acceptors (Lipinski definition) is 5. The van der Waals surface area contributed by atoms with Gasteiger partial charge in [-0.3, -0.25) is 4.79 Å². The molecule has 1 amide bonds. The predicted octanol–water partition coefficient (Wildman–Crippen LogP) is 2.99. The lowest BCUT2D eigenvalue weighted by Gasteiger charge is -2.34. The number of nitrogens with two attached hydrogens (primary N) is 1. The Labute approximate surface area is 152 Å². The van der Waals surface area contributed by atoms with Gasteiger partial charge in [0.1, 0.15) is 0 Å². The van der Waals surface area contributed by atoms with E-state index in [2.05, 4.69) is 41.5 Å². The van der Waals surface area contributed by atoms with Crippen molar-refractivity contribution in [1.29, 1.82) is 0 Å². The molecule has 1 aliphatic rings. The van der Waals surface area contributed by atoms with E-state index in [1.165, 1.54) is 22.5 Å². The smallest absolute Gasteiger partial charge is 0.233 e. The van der Waals surface area contributed by atoms with E-state index in [1.807, 2.05) is 6.20 Å². The number of thiazole rings is 1. The normalized spacial score (nSPS) is 16.6. The molecule has 2 aromatic rings. The van der Waals surface area contributed by atoms with E-state index in [0.29, 0.717) is 37.7 Å². The molecule has 0 radical (unpaired) electrons. The summed E-state index contributed by atoms with van der Waals surface area (Å²) in [6.07, 6.45) is 5.03. The number of ether oxygens (including phenoxy) is 1. The third kappa shape index (κ3) is 4.26. The number of aryl methyl sites for hydroxylation is 1. The van der Waals surface area contributed by atoms with Gasteiger partial charge in [0.25, 0.3) is 0 Å². The van der Waals surface area contributed by atoms with E-state index in [0.717, 1.165) is 17.7 Å². The predicted molar refractivity (Wildman–Crippen MR) is 101 cm³/mol. The minimum absolute atomic E-state index is 0.0350. The summed E-state index contributed by atoms with van der Waals surface area (Å²) in [4.78, 5) is 18.2. The maximum Gasteiger partial charge on any atom is 0.233 e. The lowest BCUT2D eigenvalue weighted by atomic mass is 9.79. The number of carbonyl (C=O) groups is 1. The van der Waals surface area contributed by atoms with E-state index in [4.69, 9.17) is 10.5 Å². The summed E-state index contributed by atoms with van der Waals surface area (Å²) in [5.41, 5.74) is 7.97. The van der Waals surface area contributed by atoms with Crippen LogP contribution in [0.15, 0.2) is 30.5 Å². The van der Waals surface area contributed by atoms with E-state index in [1.54, 1.807) is 0 Å². The second kappa shape index (κ2) is 8.08. The number of anilines is 1. The van der Waals surface area contributed by atoms with Gasteiger partial charge in [0.15, 0.2) is 5.13 Å². The molecule has 1 aromatic carbocycles. The first-order valence-corrected chi connectivity index (χ1v) is 9.58. The molecule has 1 aromatic heterocycles. The fourth-order valence-electron chi connectivity index (χ4n) is 3.12. The fourth-order valence-corrected chi connectivity index (χ4v) is 3.97. The average Bonchev–Trinajstić information content (AvgIpc) is 3.09. The Hall–Kier alpha value is -1.76. The summed E-state index contributed by atoms with van der Waals surface area (Å²) < 4.78 is 5.37. The summed E-state index contributed by atoms with van der Waals surface area (Å²) in [5.74, 6) is -0.0350. The quantitative estimate of drug-likeness (QED) is 0.831. The van der Waals surface area contributed by atoms with Crippen molar-refractivity contribution in [3.63, 3.8) is 0 Å². The molecule has 134 valence electrons. The van der Waals surface area contributed by atoms with Crippen LogP contribution in [0.1, 0.15) is 35.8 Å². The first-order valence-electron chi connectivity index (χ1n) is 8.77. The molecular formula is C19H25N3O2S. The molecule has 0 atom stereocenters. The Kier molecular flexibility index (Phi) is 5.83. The van der Waals surface area contributed by atoms with Crippen molar-refractivity contribution in [3.8, 4) is 0 Å². The molecule has 2 heterocycles. The van der Waals surface area contributed by atoms with Gasteiger partial charge in [-0.2, -0.15) is 0 Å². The zero-order valence-corrected chi connectivity index (χ0v) is 15.4. The van der Waals surface area contributed by atoms with Gasteiger partial charge in [-0.05, 0) is 30.4 Å². The molecule has 6 heteroatoms. The van der Waals surface area contributed by atoms with Crippen molar-refractivity contribution in [2.24, 2.45) is 11.1 Å². The van der Waals surface area contributed by atoms with Gasteiger partial charge in [0.05, 0.1) is 5.41 Å². The van der Waals surface area contributed by atoms with Crippen molar-refractivity contribution in [2.75, 3.05) is 25.1 Å². The van der Waals surface area contributed by atoms with Crippen LogP contribution in [0.2, 0.25) is 0 Å². The highest BCUT2D eigenvalue weighted by molar-refractivity contribution is 7.15. The van der Waals surface area contributed by atoms with Crippen LogP contribution in [-0.4, -0.2) is 30.6 Å². The molecule has 0 unspecified atom stereocenters. The molecule has 0 saturated carbocycles. The lowest BCUT2D eigenvalue weighted by molar-refractivity contribution is -0.130. The monoisotopic (exact) mass is 359 g/mol. The Morgan fingerprint density at radius 3 is 2.84 bits per heavy atom. The highest BCUT2D eigenvalue weighted by Crippen LogP contribution is 2.32. The zero-order chi connectivity index (χ0) is 17.7. The molecule has 5 nitrogen and oxygen atoms in total. The highest BCUT2D eigenvalue weighted by atomic mass is 32.1. The van der Waals surface area contributed by atoms with Crippen LogP contribution in [-0.2, 0) is 22.4 Å². The Bertz CT molecular complexity index is 723. The van der Waals surface area contributed by atoms with E-state index in [9.17, 15) is 4.79 Å². The van der Waals surface area contributed by atoms with Crippen LogP contribution in [0.25, 0.3) is 0 Å². The average molecular weight is 359 g/mol. The standard InChI is InChI=1S/C19H25N3O2S/c1-2-14-4-3-5-15(10-14)11-16-12-21-18(25-16)22-17(23)19(13-20)6-8-24-9-7-19/h3-5,10,12H,2,6-9,11,13,20H2,1H3,(H,21,22,23). The van der Waals surface area contributed by atoms with Crippen molar-refractivity contribution < 1.29 is 9.53 Å². The van der Waals surface area contributed by atoms with Gasteiger partial charge < -0.3 is 15.8 Å². The molecule has 1 fully saturated rings. The van der Waals surface area contributed by atoms with Gasteiger partial charge in [-0.1, -0.05) is 31.2 Å². The second-order valence-corrected chi connectivity index (χ2v) is 7.65. The maximum absolute atomic E-state index is 12.7. The maximum atomic E-state index is 12.7. The first-order chi connectivity index (χ1) is 12.1. The van der Waals surface area contributed by atoms with Gasteiger partial charge in [0, 0.05) is 37.3 Å². The highest BCUT2D eigenvalue weighted by Gasteiger charge is 2.39. The SMILES string of the molecule is CCc1cccc(Cc2cnc(NC(=O)C3(CN)CCOCC3)s2)c1. The fraction of sp³-hybridized carbons (Fsp3) is 0.474. The third-order valence-electron chi connectivity index (χ3n) is 4.87. The van der Waals surface area contributed by atoms with Crippen molar-refractivity contribution in [3.05, 3.63) is 46.5 Å². The first kappa shape index (κ1) is 18.0. The number of benzene rings is 1. The third-order valence-corrected chi connectivity index (χ3v) is 5.79. The molecule has 0 aliphatic carbocycles. The molecule has 0 bridgehead atoms. The Morgan fingerprint density at radius 2 is 2.12 bits per heavy atom. The number of nitrogens with one attached hydrogen (secondary N) is 1. The Balaban J connectivity index is 1.65. The van der Waals surface area contributed by atoms with E-state index < -0.39 is 5.41 Å². The molecule has 25 heavy (non-hydrogen) atoms. The van der Waals surface area contributed by atoms with Crippen LogP contribution in [0, 0.1) is 5.41 Å². The molecule has 3 rings (SSSR count). The molecule has 0 spiro atoms. The van der Waals surface area contributed by atoms with Crippen molar-refractivity contribution in [2.45, 2.75) is 32.6 Å². The molecule has 1 aliphatic heterocycles.